The highest BCUT2D eigenvalue weighted by Crippen LogP contribution is 2.35. The third-order valence-electron chi connectivity index (χ3n) is 6.84. The zero-order valence-corrected chi connectivity index (χ0v) is 23.0. The van der Waals surface area contributed by atoms with Crippen LogP contribution in [-0.4, -0.2) is 76.6 Å². The number of amidine groups is 1. The Hall–Kier alpha value is -2.86. The summed E-state index contributed by atoms with van der Waals surface area (Å²) < 4.78 is 47.3. The molecular weight excluding hydrogens is 551 g/mol. The van der Waals surface area contributed by atoms with Crippen LogP contribution in [0.15, 0.2) is 52.5 Å². The number of nitrogens with zero attached hydrogens (tertiary/aromatic N) is 5. The molecule has 0 saturated carbocycles. The van der Waals surface area contributed by atoms with E-state index in [-0.39, 0.29) is 29.1 Å². The van der Waals surface area contributed by atoms with Gasteiger partial charge in [0.25, 0.3) is 5.91 Å². The molecule has 206 valence electrons. The van der Waals surface area contributed by atoms with Crippen LogP contribution in [0.25, 0.3) is 17.0 Å². The van der Waals surface area contributed by atoms with Crippen molar-refractivity contribution >= 4 is 51.4 Å². The van der Waals surface area contributed by atoms with Gasteiger partial charge in [-0.25, -0.2) is 0 Å². The van der Waals surface area contributed by atoms with E-state index in [4.69, 9.17) is 16.3 Å². The first-order valence-corrected chi connectivity index (χ1v) is 13.6. The zero-order valence-electron chi connectivity index (χ0n) is 21.4. The molecule has 0 spiro atoms. The number of benzene rings is 2. The Bertz CT molecular complexity index is 1450. The highest BCUT2D eigenvalue weighted by Gasteiger charge is 2.34. The number of aliphatic imine (C=N–C) groups is 1. The van der Waals surface area contributed by atoms with Gasteiger partial charge in [-0.3, -0.25) is 14.4 Å². The zero-order chi connectivity index (χ0) is 27.7. The lowest BCUT2D eigenvalue weighted by atomic mass is 10.1. The molecular formula is C27H27ClF3N5O2S. The molecule has 1 atom stereocenters. The fourth-order valence-electron chi connectivity index (χ4n) is 4.85. The molecule has 0 N–H and O–H groups in total. The molecule has 7 nitrogen and oxygen atoms in total. The lowest BCUT2D eigenvalue weighted by Crippen LogP contribution is -2.53. The number of fused-ring (bicyclic) bond motifs is 1. The van der Waals surface area contributed by atoms with Gasteiger partial charge in [0.2, 0.25) is 0 Å². The third kappa shape index (κ3) is 6.16. The summed E-state index contributed by atoms with van der Waals surface area (Å²) in [6.07, 6.45) is -1.12. The lowest BCUT2D eigenvalue weighted by Gasteiger charge is -2.40. The smallest absolute Gasteiger partial charge is 0.383 e. The molecule has 1 saturated heterocycles. The Morgan fingerprint density at radius 2 is 2.03 bits per heavy atom. The number of halogens is 4. The number of hydrogen-bond acceptors (Lipinski definition) is 6. The highest BCUT2D eigenvalue weighted by molar-refractivity contribution is 8.18. The van der Waals surface area contributed by atoms with Crippen LogP contribution in [0, 0.1) is 0 Å². The van der Waals surface area contributed by atoms with Crippen molar-refractivity contribution < 1.29 is 22.7 Å². The van der Waals surface area contributed by atoms with Crippen molar-refractivity contribution in [3.8, 4) is 0 Å². The Kier molecular flexibility index (Phi) is 8.04. The Morgan fingerprint density at radius 1 is 1.21 bits per heavy atom. The third-order valence-corrected chi connectivity index (χ3v) is 8.10. The molecule has 2 aliphatic rings. The minimum Gasteiger partial charge on any atom is -0.383 e. The molecule has 1 fully saturated rings. The molecule has 0 bridgehead atoms. The van der Waals surface area contributed by atoms with Crippen LogP contribution < -0.4 is 0 Å². The Labute approximate surface area is 233 Å². The SMILES string of the molecule is COCCN1CCN(C2=NC(=O)C(=Cc3ccc4c(cnn4Cc4ccc(Cl)cc4C(F)(F)F)c3)S2)C(C)C1. The van der Waals surface area contributed by atoms with Gasteiger partial charge in [-0.05, 0) is 60.2 Å². The first-order chi connectivity index (χ1) is 18.6. The van der Waals surface area contributed by atoms with E-state index in [1.54, 1.807) is 25.4 Å². The normalized spacial score (nSPS) is 19.9. The number of methoxy groups -OCH3 is 1. The van der Waals surface area contributed by atoms with Crippen LogP contribution >= 0.6 is 23.4 Å². The molecule has 2 aromatic carbocycles. The van der Waals surface area contributed by atoms with Crippen molar-refractivity contribution in [2.24, 2.45) is 4.99 Å². The second kappa shape index (κ2) is 11.3. The minimum absolute atomic E-state index is 0.0272. The summed E-state index contributed by atoms with van der Waals surface area (Å²) >= 11 is 7.18. The highest BCUT2D eigenvalue weighted by atomic mass is 35.5. The lowest BCUT2D eigenvalue weighted by molar-refractivity contribution is -0.138. The average Bonchev–Trinajstić information content (AvgIpc) is 3.45. The molecule has 39 heavy (non-hydrogen) atoms. The summed E-state index contributed by atoms with van der Waals surface area (Å²) in [5, 5.41) is 5.80. The van der Waals surface area contributed by atoms with Crippen molar-refractivity contribution in [3.05, 3.63) is 69.2 Å². The van der Waals surface area contributed by atoms with E-state index in [0.29, 0.717) is 22.2 Å². The van der Waals surface area contributed by atoms with Crippen LogP contribution in [0.5, 0.6) is 0 Å². The van der Waals surface area contributed by atoms with Gasteiger partial charge in [0.15, 0.2) is 5.17 Å². The molecule has 12 heteroatoms. The largest absolute Gasteiger partial charge is 0.416 e. The Balaban J connectivity index is 1.30. The molecule has 1 amide bonds. The topological polar surface area (TPSA) is 63.0 Å². The van der Waals surface area contributed by atoms with Crippen molar-refractivity contribution in [1.29, 1.82) is 0 Å². The van der Waals surface area contributed by atoms with E-state index in [1.165, 1.54) is 28.6 Å². The summed E-state index contributed by atoms with van der Waals surface area (Å²) in [5.74, 6) is -0.276. The molecule has 0 radical (unpaired) electrons. The van der Waals surface area contributed by atoms with Crippen LogP contribution in [0.2, 0.25) is 5.02 Å². The number of thioether (sulfide) groups is 1. The molecule has 3 aromatic rings. The van der Waals surface area contributed by atoms with Gasteiger partial charge in [-0.1, -0.05) is 23.7 Å². The van der Waals surface area contributed by atoms with Gasteiger partial charge in [-0.15, -0.1) is 0 Å². The number of piperazine rings is 1. The number of ether oxygens (including phenoxy) is 1. The quantitative estimate of drug-likeness (QED) is 0.367. The molecule has 5 rings (SSSR count). The number of alkyl halides is 3. The maximum atomic E-state index is 13.5. The second-order valence-electron chi connectivity index (χ2n) is 9.57. The van der Waals surface area contributed by atoms with E-state index in [9.17, 15) is 18.0 Å². The van der Waals surface area contributed by atoms with Crippen LogP contribution in [-0.2, 0) is 22.3 Å². The van der Waals surface area contributed by atoms with Crippen molar-refractivity contribution in [2.45, 2.75) is 25.7 Å². The summed E-state index contributed by atoms with van der Waals surface area (Å²) in [6.45, 7) is 6.17. The van der Waals surface area contributed by atoms with Crippen LogP contribution in [0.3, 0.4) is 0 Å². The number of aromatic nitrogens is 2. The van der Waals surface area contributed by atoms with E-state index < -0.39 is 11.7 Å². The molecule has 0 aliphatic carbocycles. The van der Waals surface area contributed by atoms with Crippen LogP contribution in [0.1, 0.15) is 23.6 Å². The molecule has 2 aliphatic heterocycles. The number of carbonyl (C=O) groups is 1. The van der Waals surface area contributed by atoms with Gasteiger partial charge in [0.05, 0.1) is 35.3 Å². The number of carbonyl (C=O) groups excluding carboxylic acids is 1. The standard InChI is InChI=1S/C27H27ClF3N5O2S/c1-17-15-34(9-10-38-2)7-8-35(17)26-33-25(37)24(39-26)12-18-3-6-23-20(11-18)14-32-36(23)16-19-4-5-21(28)13-22(19)27(29,30)31/h3-6,11-14,17H,7-10,15-16H2,1-2H3. The minimum atomic E-state index is -4.52. The summed E-state index contributed by atoms with van der Waals surface area (Å²) in [7, 11) is 1.70. The maximum Gasteiger partial charge on any atom is 0.416 e. The predicted octanol–water partition coefficient (Wildman–Crippen LogP) is 5.38. The van der Waals surface area contributed by atoms with Crippen molar-refractivity contribution in [1.82, 2.24) is 19.6 Å². The van der Waals surface area contributed by atoms with Gasteiger partial charge in [0, 0.05) is 49.7 Å². The maximum absolute atomic E-state index is 13.5. The van der Waals surface area contributed by atoms with E-state index in [0.717, 1.165) is 43.2 Å². The second-order valence-corrected chi connectivity index (χ2v) is 11.0. The first kappa shape index (κ1) is 27.7. The summed E-state index contributed by atoms with van der Waals surface area (Å²) in [5.41, 5.74) is 0.768. The summed E-state index contributed by atoms with van der Waals surface area (Å²) in [6, 6.07) is 9.45. The van der Waals surface area contributed by atoms with Gasteiger partial charge >= 0.3 is 6.18 Å². The monoisotopic (exact) mass is 577 g/mol. The van der Waals surface area contributed by atoms with Gasteiger partial charge in [-0.2, -0.15) is 23.3 Å². The molecule has 1 unspecified atom stereocenters. The number of rotatable bonds is 6. The van der Waals surface area contributed by atoms with E-state index in [2.05, 4.69) is 26.8 Å². The fourth-order valence-corrected chi connectivity index (χ4v) is 6.06. The fraction of sp³-hybridized carbons (Fsp3) is 0.370. The van der Waals surface area contributed by atoms with Gasteiger partial charge in [0.1, 0.15) is 0 Å². The molecule has 3 heterocycles. The number of amides is 1. The Morgan fingerprint density at radius 3 is 2.77 bits per heavy atom. The summed E-state index contributed by atoms with van der Waals surface area (Å²) in [4.78, 5) is 22.1. The van der Waals surface area contributed by atoms with Crippen molar-refractivity contribution in [3.63, 3.8) is 0 Å². The predicted molar refractivity (Wildman–Crippen MR) is 148 cm³/mol. The molecule has 1 aromatic heterocycles. The van der Waals surface area contributed by atoms with Crippen LogP contribution in [0.4, 0.5) is 13.2 Å². The van der Waals surface area contributed by atoms with Crippen molar-refractivity contribution in [2.75, 3.05) is 39.9 Å². The van der Waals surface area contributed by atoms with E-state index in [1.807, 2.05) is 12.1 Å². The number of hydrogen-bond donors (Lipinski definition) is 0. The van der Waals surface area contributed by atoms with E-state index >= 15 is 0 Å². The van der Waals surface area contributed by atoms with Gasteiger partial charge < -0.3 is 9.64 Å². The first-order valence-electron chi connectivity index (χ1n) is 12.4. The average molecular weight is 578 g/mol.